The van der Waals surface area contributed by atoms with Crippen molar-refractivity contribution in [1.29, 1.82) is 0 Å². The largest absolute Gasteiger partial charge is 0.494 e. The lowest BCUT2D eigenvalue weighted by Crippen LogP contribution is -2.39. The van der Waals surface area contributed by atoms with Crippen LogP contribution >= 0.6 is 0 Å². The number of benzene rings is 1. The summed E-state index contributed by atoms with van der Waals surface area (Å²) in [6.45, 7) is 5.34. The second kappa shape index (κ2) is 7.90. The van der Waals surface area contributed by atoms with Crippen LogP contribution in [0.2, 0.25) is 0 Å². The first kappa shape index (κ1) is 14.9. The molecule has 1 aliphatic rings. The van der Waals surface area contributed by atoms with E-state index in [0.717, 1.165) is 44.6 Å². The molecule has 1 N–H and O–H groups in total. The highest BCUT2D eigenvalue weighted by Gasteiger charge is 2.30. The molecular formula is C16H24N2O2. The molecule has 0 saturated carbocycles. The third kappa shape index (κ3) is 4.23. The van der Waals surface area contributed by atoms with E-state index in [4.69, 9.17) is 4.74 Å². The van der Waals surface area contributed by atoms with Gasteiger partial charge in [-0.3, -0.25) is 4.79 Å². The van der Waals surface area contributed by atoms with E-state index in [1.54, 1.807) is 0 Å². The molecule has 1 saturated heterocycles. The first-order valence-corrected chi connectivity index (χ1v) is 7.51. The number of para-hydroxylation sites is 1. The van der Waals surface area contributed by atoms with Crippen LogP contribution in [-0.4, -0.2) is 43.1 Å². The molecular weight excluding hydrogens is 252 g/mol. The average Bonchev–Trinajstić information content (AvgIpc) is 2.83. The van der Waals surface area contributed by atoms with Crippen molar-refractivity contribution < 1.29 is 9.53 Å². The van der Waals surface area contributed by atoms with Gasteiger partial charge in [-0.15, -0.1) is 0 Å². The first-order chi connectivity index (χ1) is 9.81. The summed E-state index contributed by atoms with van der Waals surface area (Å²) in [6.07, 6.45) is 2.87. The third-order valence-corrected chi connectivity index (χ3v) is 3.52. The van der Waals surface area contributed by atoms with Gasteiger partial charge in [-0.2, -0.15) is 0 Å². The zero-order valence-corrected chi connectivity index (χ0v) is 12.2. The van der Waals surface area contributed by atoms with Crippen molar-refractivity contribution in [1.82, 2.24) is 10.2 Å². The van der Waals surface area contributed by atoms with Crippen LogP contribution in [0.4, 0.5) is 0 Å². The van der Waals surface area contributed by atoms with E-state index in [9.17, 15) is 4.79 Å². The molecule has 1 aromatic carbocycles. The SMILES string of the molecule is CCCNC1CCN(CCCOc2ccccc2)C1=O. The summed E-state index contributed by atoms with van der Waals surface area (Å²) in [6, 6.07) is 9.83. The fourth-order valence-electron chi connectivity index (χ4n) is 2.43. The number of carbonyl (C=O) groups excluding carboxylic acids is 1. The van der Waals surface area contributed by atoms with E-state index in [2.05, 4.69) is 12.2 Å². The van der Waals surface area contributed by atoms with Crippen molar-refractivity contribution in [3.63, 3.8) is 0 Å². The minimum Gasteiger partial charge on any atom is -0.494 e. The fourth-order valence-corrected chi connectivity index (χ4v) is 2.43. The molecule has 1 aliphatic heterocycles. The molecule has 0 radical (unpaired) electrons. The lowest BCUT2D eigenvalue weighted by Gasteiger charge is -2.17. The van der Waals surface area contributed by atoms with Gasteiger partial charge in [0.05, 0.1) is 12.6 Å². The van der Waals surface area contributed by atoms with Gasteiger partial charge in [0.25, 0.3) is 0 Å². The van der Waals surface area contributed by atoms with Gasteiger partial charge in [0, 0.05) is 13.1 Å². The monoisotopic (exact) mass is 276 g/mol. The van der Waals surface area contributed by atoms with Crippen LogP contribution in [0.1, 0.15) is 26.2 Å². The van der Waals surface area contributed by atoms with E-state index in [1.807, 2.05) is 35.2 Å². The van der Waals surface area contributed by atoms with Crippen molar-refractivity contribution in [2.24, 2.45) is 0 Å². The maximum Gasteiger partial charge on any atom is 0.239 e. The van der Waals surface area contributed by atoms with Gasteiger partial charge in [0.15, 0.2) is 0 Å². The molecule has 4 heteroatoms. The van der Waals surface area contributed by atoms with Crippen molar-refractivity contribution in [2.45, 2.75) is 32.2 Å². The molecule has 4 nitrogen and oxygen atoms in total. The highest BCUT2D eigenvalue weighted by Crippen LogP contribution is 2.12. The second-order valence-electron chi connectivity index (χ2n) is 5.14. The summed E-state index contributed by atoms with van der Waals surface area (Å²) in [7, 11) is 0. The molecule has 1 fully saturated rings. The van der Waals surface area contributed by atoms with Crippen LogP contribution in [0.15, 0.2) is 30.3 Å². The summed E-state index contributed by atoms with van der Waals surface area (Å²) < 4.78 is 5.64. The number of hydrogen-bond donors (Lipinski definition) is 1. The Labute approximate surface area is 121 Å². The first-order valence-electron chi connectivity index (χ1n) is 7.51. The highest BCUT2D eigenvalue weighted by atomic mass is 16.5. The maximum atomic E-state index is 12.1. The lowest BCUT2D eigenvalue weighted by molar-refractivity contribution is -0.129. The molecule has 1 amide bonds. The summed E-state index contributed by atoms with van der Waals surface area (Å²) >= 11 is 0. The van der Waals surface area contributed by atoms with Crippen molar-refractivity contribution in [3.8, 4) is 5.75 Å². The van der Waals surface area contributed by atoms with Gasteiger partial charge >= 0.3 is 0 Å². The molecule has 1 unspecified atom stereocenters. The number of amides is 1. The number of ether oxygens (including phenoxy) is 1. The summed E-state index contributed by atoms with van der Waals surface area (Å²) in [5.74, 6) is 1.14. The van der Waals surface area contributed by atoms with Gasteiger partial charge in [-0.25, -0.2) is 0 Å². The topological polar surface area (TPSA) is 41.6 Å². The Bertz CT molecular complexity index is 408. The highest BCUT2D eigenvalue weighted by molar-refractivity contribution is 5.83. The Balaban J connectivity index is 1.64. The van der Waals surface area contributed by atoms with Crippen LogP contribution < -0.4 is 10.1 Å². The van der Waals surface area contributed by atoms with E-state index in [1.165, 1.54) is 0 Å². The Kier molecular flexibility index (Phi) is 5.87. The van der Waals surface area contributed by atoms with E-state index >= 15 is 0 Å². The number of likely N-dealkylation sites (tertiary alicyclic amines) is 1. The van der Waals surface area contributed by atoms with Crippen LogP contribution in [0.5, 0.6) is 5.75 Å². The average molecular weight is 276 g/mol. The third-order valence-electron chi connectivity index (χ3n) is 3.52. The van der Waals surface area contributed by atoms with E-state index in [-0.39, 0.29) is 11.9 Å². The van der Waals surface area contributed by atoms with Crippen LogP contribution in [0.3, 0.4) is 0 Å². The molecule has 0 aliphatic carbocycles. The van der Waals surface area contributed by atoms with Crippen LogP contribution in [-0.2, 0) is 4.79 Å². The van der Waals surface area contributed by atoms with Crippen molar-refractivity contribution >= 4 is 5.91 Å². The van der Waals surface area contributed by atoms with Crippen LogP contribution in [0, 0.1) is 0 Å². The molecule has 0 aromatic heterocycles. The summed E-state index contributed by atoms with van der Waals surface area (Å²) in [5.41, 5.74) is 0. The molecule has 1 atom stereocenters. The standard InChI is InChI=1S/C16H24N2O2/c1-2-10-17-15-9-12-18(16(15)19)11-6-13-20-14-7-4-3-5-8-14/h3-5,7-8,15,17H,2,6,9-13H2,1H3. The fraction of sp³-hybridized carbons (Fsp3) is 0.562. The molecule has 110 valence electrons. The molecule has 1 aromatic rings. The lowest BCUT2D eigenvalue weighted by atomic mass is 10.2. The Hall–Kier alpha value is -1.55. The number of rotatable bonds is 8. The maximum absolute atomic E-state index is 12.1. The Morgan fingerprint density at radius 2 is 2.15 bits per heavy atom. The zero-order chi connectivity index (χ0) is 14.2. The Morgan fingerprint density at radius 3 is 2.90 bits per heavy atom. The van der Waals surface area contributed by atoms with Gasteiger partial charge in [-0.1, -0.05) is 25.1 Å². The second-order valence-corrected chi connectivity index (χ2v) is 5.14. The minimum absolute atomic E-state index is 0.0324. The van der Waals surface area contributed by atoms with E-state index in [0.29, 0.717) is 6.61 Å². The number of nitrogens with zero attached hydrogens (tertiary/aromatic N) is 1. The van der Waals surface area contributed by atoms with Gasteiger partial charge in [0.2, 0.25) is 5.91 Å². The summed E-state index contributed by atoms with van der Waals surface area (Å²) in [4.78, 5) is 14.0. The predicted octanol–water partition coefficient (Wildman–Crippen LogP) is 2.06. The molecule has 20 heavy (non-hydrogen) atoms. The molecule has 0 bridgehead atoms. The molecule has 1 heterocycles. The van der Waals surface area contributed by atoms with Crippen molar-refractivity contribution in [2.75, 3.05) is 26.2 Å². The minimum atomic E-state index is 0.0324. The van der Waals surface area contributed by atoms with E-state index < -0.39 is 0 Å². The van der Waals surface area contributed by atoms with Crippen LogP contribution in [0.25, 0.3) is 0 Å². The summed E-state index contributed by atoms with van der Waals surface area (Å²) in [5, 5.41) is 3.30. The Morgan fingerprint density at radius 1 is 1.35 bits per heavy atom. The van der Waals surface area contributed by atoms with Gasteiger partial charge < -0.3 is 15.0 Å². The van der Waals surface area contributed by atoms with Gasteiger partial charge in [-0.05, 0) is 37.9 Å². The molecule has 0 spiro atoms. The quantitative estimate of drug-likeness (QED) is 0.739. The zero-order valence-electron chi connectivity index (χ0n) is 12.2. The normalized spacial score (nSPS) is 18.6. The predicted molar refractivity (Wildman–Crippen MR) is 79.8 cm³/mol. The van der Waals surface area contributed by atoms with Gasteiger partial charge in [0.1, 0.15) is 5.75 Å². The smallest absolute Gasteiger partial charge is 0.239 e. The number of nitrogens with one attached hydrogen (secondary N) is 1. The van der Waals surface area contributed by atoms with Crippen molar-refractivity contribution in [3.05, 3.63) is 30.3 Å². The number of hydrogen-bond acceptors (Lipinski definition) is 3. The molecule has 2 rings (SSSR count). The number of carbonyl (C=O) groups is 1.